The number of carbonyl (C=O) groups is 1. The summed E-state index contributed by atoms with van der Waals surface area (Å²) in [7, 11) is 3.24. The molecule has 8 heteroatoms. The fourth-order valence-electron chi connectivity index (χ4n) is 4.34. The molecule has 0 saturated heterocycles. The van der Waals surface area contributed by atoms with Gasteiger partial charge in [0.1, 0.15) is 11.5 Å². The van der Waals surface area contributed by atoms with E-state index in [1.54, 1.807) is 44.7 Å². The number of anilines is 1. The zero-order chi connectivity index (χ0) is 27.2. The van der Waals surface area contributed by atoms with Gasteiger partial charge in [-0.3, -0.25) is 9.80 Å². The van der Waals surface area contributed by atoms with Crippen molar-refractivity contribution in [1.82, 2.24) is 5.43 Å². The monoisotopic (exact) mass is 538 g/mol. The van der Waals surface area contributed by atoms with Gasteiger partial charge in [0, 0.05) is 17.0 Å². The lowest BCUT2D eigenvalue weighted by Gasteiger charge is -2.24. The van der Waals surface area contributed by atoms with Crippen molar-refractivity contribution in [3.05, 3.63) is 124 Å². The van der Waals surface area contributed by atoms with Crippen LogP contribution in [0.4, 0.5) is 5.69 Å². The second-order valence-corrected chi connectivity index (χ2v) is 9.35. The summed E-state index contributed by atoms with van der Waals surface area (Å²) < 4.78 is 10.5. The van der Waals surface area contributed by atoms with Crippen molar-refractivity contribution in [2.75, 3.05) is 19.2 Å². The summed E-state index contributed by atoms with van der Waals surface area (Å²) in [4.78, 5) is 12.3. The smallest absolute Gasteiger partial charge is 0.271 e. The Morgan fingerprint density at radius 1 is 0.897 bits per heavy atom. The van der Waals surface area contributed by atoms with Crippen LogP contribution in [0.1, 0.15) is 39.5 Å². The Balaban J connectivity index is 1.33. The molecule has 1 aliphatic rings. The number of halogens is 1. The maximum Gasteiger partial charge on any atom is 0.271 e. The highest BCUT2D eigenvalue weighted by molar-refractivity contribution is 6.30. The minimum Gasteiger partial charge on any atom is -0.497 e. The molecule has 0 aliphatic carbocycles. The fourth-order valence-corrected chi connectivity index (χ4v) is 4.46. The van der Waals surface area contributed by atoms with Crippen LogP contribution < -0.4 is 19.9 Å². The van der Waals surface area contributed by atoms with Crippen LogP contribution in [0.25, 0.3) is 0 Å². The summed E-state index contributed by atoms with van der Waals surface area (Å²) in [5.41, 5.74) is 8.00. The van der Waals surface area contributed by atoms with E-state index in [0.29, 0.717) is 16.3 Å². The standard InChI is InChI=1S/C31H27ClN4O3/c1-38-27-15-7-23(8-16-27)30-19-29(22-5-11-25(32)12-6-22)35-36(30)26-13-3-21(4-14-26)20-33-34-31(37)24-9-17-28(39-2)18-10-24/h3-18,20,30H,19H2,1-2H3,(H,34,37)/b33-20+. The molecule has 0 fully saturated rings. The van der Waals surface area contributed by atoms with Crippen molar-refractivity contribution in [2.24, 2.45) is 10.2 Å². The molecule has 1 unspecified atom stereocenters. The van der Waals surface area contributed by atoms with E-state index in [1.165, 1.54) is 0 Å². The second-order valence-electron chi connectivity index (χ2n) is 8.91. The van der Waals surface area contributed by atoms with Gasteiger partial charge in [0.25, 0.3) is 5.91 Å². The third-order valence-corrected chi connectivity index (χ3v) is 6.73. The molecule has 0 radical (unpaired) electrons. The van der Waals surface area contributed by atoms with Gasteiger partial charge in [-0.05, 0) is 77.4 Å². The number of nitrogens with zero attached hydrogens (tertiary/aromatic N) is 3. The summed E-state index contributed by atoms with van der Waals surface area (Å²) in [6.45, 7) is 0. The molecule has 1 amide bonds. The number of methoxy groups -OCH3 is 2. The molecule has 196 valence electrons. The first-order chi connectivity index (χ1) is 19.0. The van der Waals surface area contributed by atoms with Gasteiger partial charge in [-0.15, -0.1) is 0 Å². The molecule has 4 aromatic carbocycles. The van der Waals surface area contributed by atoms with Crippen LogP contribution in [0.15, 0.2) is 107 Å². The molecular weight excluding hydrogens is 512 g/mol. The van der Waals surface area contributed by atoms with Gasteiger partial charge in [-0.25, -0.2) is 5.43 Å². The van der Waals surface area contributed by atoms with Gasteiger partial charge in [0.05, 0.1) is 37.9 Å². The zero-order valence-electron chi connectivity index (χ0n) is 21.5. The first kappa shape index (κ1) is 26.0. The highest BCUT2D eigenvalue weighted by Gasteiger charge is 2.30. The number of hydrogen-bond acceptors (Lipinski definition) is 6. The van der Waals surface area contributed by atoms with Crippen LogP contribution in [-0.2, 0) is 0 Å². The highest BCUT2D eigenvalue weighted by Crippen LogP contribution is 2.37. The van der Waals surface area contributed by atoms with Gasteiger partial charge in [-0.2, -0.15) is 10.2 Å². The average molecular weight is 539 g/mol. The molecule has 1 atom stereocenters. The Kier molecular flexibility index (Phi) is 7.89. The fraction of sp³-hybridized carbons (Fsp3) is 0.129. The average Bonchev–Trinajstić information content (AvgIpc) is 3.43. The Hall–Kier alpha value is -4.62. The molecule has 0 saturated carbocycles. The summed E-state index contributed by atoms with van der Waals surface area (Å²) in [6, 6.07) is 30.6. The lowest BCUT2D eigenvalue weighted by Crippen LogP contribution is -2.18. The van der Waals surface area contributed by atoms with Gasteiger partial charge in [0.15, 0.2) is 0 Å². The summed E-state index contributed by atoms with van der Waals surface area (Å²) in [5.74, 6) is 1.20. The van der Waals surface area contributed by atoms with Crippen molar-refractivity contribution < 1.29 is 14.3 Å². The predicted octanol–water partition coefficient (Wildman–Crippen LogP) is 6.48. The Morgan fingerprint density at radius 2 is 1.51 bits per heavy atom. The summed E-state index contributed by atoms with van der Waals surface area (Å²) >= 11 is 6.11. The van der Waals surface area contributed by atoms with Crippen molar-refractivity contribution >= 4 is 35.1 Å². The number of ether oxygens (including phenoxy) is 2. The molecule has 7 nitrogen and oxygen atoms in total. The van der Waals surface area contributed by atoms with Crippen LogP contribution in [-0.4, -0.2) is 32.1 Å². The van der Waals surface area contributed by atoms with Gasteiger partial charge in [0.2, 0.25) is 0 Å². The number of hydrogen-bond donors (Lipinski definition) is 1. The van der Waals surface area contributed by atoms with Gasteiger partial charge < -0.3 is 9.47 Å². The Bertz CT molecular complexity index is 1480. The SMILES string of the molecule is COc1ccc(C(=O)N/N=C/c2ccc(N3N=C(c4ccc(Cl)cc4)CC3c3ccc(OC)cc3)cc2)cc1. The van der Waals surface area contributed by atoms with E-state index in [-0.39, 0.29) is 11.9 Å². The molecule has 0 aromatic heterocycles. The van der Waals surface area contributed by atoms with Crippen LogP contribution in [0, 0.1) is 0 Å². The zero-order valence-corrected chi connectivity index (χ0v) is 22.3. The second kappa shape index (κ2) is 11.8. The van der Waals surface area contributed by atoms with E-state index in [1.807, 2.05) is 65.7 Å². The summed E-state index contributed by atoms with van der Waals surface area (Å²) in [5, 5.41) is 11.8. The molecule has 4 aromatic rings. The van der Waals surface area contributed by atoms with E-state index in [0.717, 1.165) is 40.3 Å². The first-order valence-electron chi connectivity index (χ1n) is 12.4. The van der Waals surface area contributed by atoms with Crippen molar-refractivity contribution in [2.45, 2.75) is 12.5 Å². The Morgan fingerprint density at radius 3 is 2.13 bits per heavy atom. The van der Waals surface area contributed by atoms with E-state index in [2.05, 4.69) is 22.7 Å². The van der Waals surface area contributed by atoms with Crippen molar-refractivity contribution in [3.8, 4) is 11.5 Å². The third-order valence-electron chi connectivity index (χ3n) is 6.48. The quantitative estimate of drug-likeness (QED) is 0.206. The maximum atomic E-state index is 12.3. The molecule has 0 bridgehead atoms. The number of nitrogens with one attached hydrogen (secondary N) is 1. The molecule has 0 spiro atoms. The molecule has 5 rings (SSSR count). The molecular formula is C31H27ClN4O3. The minimum absolute atomic E-state index is 0.0184. The van der Waals surface area contributed by atoms with Crippen LogP contribution in [0.2, 0.25) is 5.02 Å². The van der Waals surface area contributed by atoms with E-state index < -0.39 is 0 Å². The number of amides is 1. The third kappa shape index (κ3) is 6.10. The largest absolute Gasteiger partial charge is 0.497 e. The van der Waals surface area contributed by atoms with Crippen molar-refractivity contribution in [1.29, 1.82) is 0 Å². The maximum absolute atomic E-state index is 12.3. The first-order valence-corrected chi connectivity index (χ1v) is 12.8. The molecule has 1 aliphatic heterocycles. The number of rotatable bonds is 8. The van der Waals surface area contributed by atoms with Crippen LogP contribution in [0.5, 0.6) is 11.5 Å². The topological polar surface area (TPSA) is 75.5 Å². The van der Waals surface area contributed by atoms with E-state index >= 15 is 0 Å². The molecule has 39 heavy (non-hydrogen) atoms. The summed E-state index contributed by atoms with van der Waals surface area (Å²) in [6.07, 6.45) is 2.35. The normalized spacial score (nSPS) is 14.8. The number of benzene rings is 4. The Labute approximate surface area is 232 Å². The molecule has 1 N–H and O–H groups in total. The number of carbonyl (C=O) groups excluding carboxylic acids is 1. The highest BCUT2D eigenvalue weighted by atomic mass is 35.5. The van der Waals surface area contributed by atoms with E-state index in [4.69, 9.17) is 26.2 Å². The van der Waals surface area contributed by atoms with E-state index in [9.17, 15) is 4.79 Å². The lowest BCUT2D eigenvalue weighted by molar-refractivity contribution is 0.0955. The lowest BCUT2D eigenvalue weighted by atomic mass is 9.98. The van der Waals surface area contributed by atoms with Crippen LogP contribution >= 0.6 is 11.6 Å². The van der Waals surface area contributed by atoms with Gasteiger partial charge in [-0.1, -0.05) is 48.0 Å². The minimum atomic E-state index is -0.297. The molecule has 1 heterocycles. The predicted molar refractivity (Wildman–Crippen MR) is 155 cm³/mol. The van der Waals surface area contributed by atoms with Crippen molar-refractivity contribution in [3.63, 3.8) is 0 Å². The van der Waals surface area contributed by atoms with Gasteiger partial charge >= 0.3 is 0 Å². The van der Waals surface area contributed by atoms with Crippen LogP contribution in [0.3, 0.4) is 0 Å². The number of hydrazone groups is 2.